The molecule has 1 aromatic carbocycles. The predicted molar refractivity (Wildman–Crippen MR) is 68.1 cm³/mol. The van der Waals surface area contributed by atoms with Crippen LogP contribution in [0.3, 0.4) is 0 Å². The van der Waals surface area contributed by atoms with Gasteiger partial charge in [-0.1, -0.05) is 37.3 Å². The third-order valence-corrected chi connectivity index (χ3v) is 2.80. The molecule has 0 saturated heterocycles. The summed E-state index contributed by atoms with van der Waals surface area (Å²) in [6, 6.07) is 4.52. The monoisotopic (exact) mass is 199 g/mol. The van der Waals surface area contributed by atoms with Crippen LogP contribution < -0.4 is 5.32 Å². The molecule has 0 heterocycles. The van der Waals surface area contributed by atoms with Crippen LogP contribution in [0.15, 0.2) is 24.3 Å². The molecular formula is C14H17N. The number of anilines is 1. The predicted octanol–water partition coefficient (Wildman–Crippen LogP) is 3.72. The molecule has 0 atom stereocenters. The maximum absolute atomic E-state index is 3.27. The third kappa shape index (κ3) is 1.96. The molecule has 1 nitrogen and oxygen atoms in total. The minimum atomic E-state index is 1.03. The van der Waals surface area contributed by atoms with Crippen LogP contribution in [-0.4, -0.2) is 7.05 Å². The van der Waals surface area contributed by atoms with Gasteiger partial charge in [-0.15, -0.1) is 0 Å². The summed E-state index contributed by atoms with van der Waals surface area (Å²) in [4.78, 5) is 0. The van der Waals surface area contributed by atoms with Gasteiger partial charge in [-0.2, -0.15) is 0 Å². The van der Waals surface area contributed by atoms with Crippen molar-refractivity contribution in [2.45, 2.75) is 19.8 Å². The number of fused-ring (bicyclic) bond motifs is 1. The summed E-state index contributed by atoms with van der Waals surface area (Å²) >= 11 is 0. The number of rotatable bonds is 2. The Kier molecular flexibility index (Phi) is 2.91. The molecule has 2 rings (SSSR count). The highest BCUT2D eigenvalue weighted by Crippen LogP contribution is 2.27. The van der Waals surface area contributed by atoms with Gasteiger partial charge in [-0.25, -0.2) is 0 Å². The van der Waals surface area contributed by atoms with E-state index in [1.54, 1.807) is 0 Å². The lowest BCUT2D eigenvalue weighted by Crippen LogP contribution is -1.96. The number of hydrogen-bond donors (Lipinski definition) is 1. The van der Waals surface area contributed by atoms with E-state index in [9.17, 15) is 0 Å². The summed E-state index contributed by atoms with van der Waals surface area (Å²) in [5.41, 5.74) is 5.25. The Morgan fingerprint density at radius 1 is 1.20 bits per heavy atom. The average Bonchev–Trinajstić information content (AvgIpc) is 2.52. The lowest BCUT2D eigenvalue weighted by molar-refractivity contribution is 1.14. The Labute approximate surface area is 91.5 Å². The topological polar surface area (TPSA) is 12.0 Å². The molecule has 15 heavy (non-hydrogen) atoms. The van der Waals surface area contributed by atoms with Gasteiger partial charge in [0.2, 0.25) is 0 Å². The fraction of sp³-hybridized carbons (Fsp3) is 0.286. The molecule has 0 radical (unpaired) electrons. The Morgan fingerprint density at radius 3 is 2.73 bits per heavy atom. The first-order valence-corrected chi connectivity index (χ1v) is 5.53. The van der Waals surface area contributed by atoms with Gasteiger partial charge in [0.1, 0.15) is 0 Å². The minimum Gasteiger partial charge on any atom is -0.388 e. The summed E-state index contributed by atoms with van der Waals surface area (Å²) in [6.45, 7) is 2.19. The second kappa shape index (κ2) is 4.35. The Morgan fingerprint density at radius 2 is 2.00 bits per heavy atom. The molecular weight excluding hydrogens is 182 g/mol. The van der Waals surface area contributed by atoms with Crippen LogP contribution in [0.2, 0.25) is 0 Å². The molecule has 1 heteroatoms. The maximum Gasteiger partial charge on any atom is 0.0419 e. The fourth-order valence-corrected chi connectivity index (χ4v) is 1.93. The third-order valence-electron chi connectivity index (χ3n) is 2.80. The second-order valence-electron chi connectivity index (χ2n) is 3.79. The Hall–Kier alpha value is -1.50. The van der Waals surface area contributed by atoms with E-state index in [0.29, 0.717) is 0 Å². The molecule has 1 aliphatic rings. The number of nitrogens with one attached hydrogen (secondary N) is 1. The highest BCUT2D eigenvalue weighted by atomic mass is 14.8. The summed E-state index contributed by atoms with van der Waals surface area (Å²) in [6.07, 6.45) is 10.9. The van der Waals surface area contributed by atoms with Crippen LogP contribution in [0, 0.1) is 0 Å². The second-order valence-corrected chi connectivity index (χ2v) is 3.79. The van der Waals surface area contributed by atoms with Crippen molar-refractivity contribution in [1.82, 2.24) is 0 Å². The number of allylic oxidation sites excluding steroid dienone is 2. The van der Waals surface area contributed by atoms with Gasteiger partial charge < -0.3 is 5.32 Å². The van der Waals surface area contributed by atoms with E-state index in [4.69, 9.17) is 0 Å². The molecule has 0 unspecified atom stereocenters. The fourth-order valence-electron chi connectivity index (χ4n) is 1.93. The van der Waals surface area contributed by atoms with E-state index in [-0.39, 0.29) is 0 Å². The van der Waals surface area contributed by atoms with E-state index in [1.807, 2.05) is 7.05 Å². The molecule has 0 spiro atoms. The van der Waals surface area contributed by atoms with Crippen molar-refractivity contribution in [1.29, 1.82) is 0 Å². The maximum atomic E-state index is 3.27. The van der Waals surface area contributed by atoms with Crippen molar-refractivity contribution >= 4 is 17.8 Å². The Bertz CT molecular complexity index is 414. The van der Waals surface area contributed by atoms with Gasteiger partial charge in [0.05, 0.1) is 0 Å². The zero-order chi connectivity index (χ0) is 10.7. The van der Waals surface area contributed by atoms with Crippen molar-refractivity contribution in [2.24, 2.45) is 0 Å². The number of benzene rings is 1. The molecule has 0 aromatic heterocycles. The van der Waals surface area contributed by atoms with Crippen molar-refractivity contribution < 1.29 is 0 Å². The lowest BCUT2D eigenvalue weighted by Gasteiger charge is -2.11. The molecule has 78 valence electrons. The highest BCUT2D eigenvalue weighted by Gasteiger charge is 2.06. The quantitative estimate of drug-likeness (QED) is 0.765. The Balaban J connectivity index is 2.60. The van der Waals surface area contributed by atoms with E-state index in [0.717, 1.165) is 12.8 Å². The molecule has 1 aliphatic carbocycles. The first kappa shape index (κ1) is 10.0. The molecule has 1 aromatic rings. The van der Waals surface area contributed by atoms with Crippen LogP contribution in [0.4, 0.5) is 5.69 Å². The van der Waals surface area contributed by atoms with Crippen LogP contribution >= 0.6 is 0 Å². The van der Waals surface area contributed by atoms with Gasteiger partial charge in [0.15, 0.2) is 0 Å². The summed E-state index contributed by atoms with van der Waals surface area (Å²) in [5, 5.41) is 3.27. The average molecular weight is 199 g/mol. The smallest absolute Gasteiger partial charge is 0.0419 e. The number of hydrogen-bond acceptors (Lipinski definition) is 1. The molecule has 0 fully saturated rings. The molecule has 1 N–H and O–H groups in total. The normalized spacial score (nSPS) is 13.5. The van der Waals surface area contributed by atoms with E-state index < -0.39 is 0 Å². The van der Waals surface area contributed by atoms with Gasteiger partial charge in [0, 0.05) is 18.3 Å². The zero-order valence-electron chi connectivity index (χ0n) is 9.38. The molecule has 0 saturated carbocycles. The van der Waals surface area contributed by atoms with Gasteiger partial charge in [0.25, 0.3) is 0 Å². The van der Waals surface area contributed by atoms with Crippen LogP contribution in [-0.2, 0) is 6.42 Å². The van der Waals surface area contributed by atoms with Crippen LogP contribution in [0.1, 0.15) is 30.0 Å². The zero-order valence-corrected chi connectivity index (χ0v) is 9.38. The van der Waals surface area contributed by atoms with Crippen molar-refractivity contribution in [3.8, 4) is 0 Å². The van der Waals surface area contributed by atoms with Crippen molar-refractivity contribution in [2.75, 3.05) is 12.4 Å². The van der Waals surface area contributed by atoms with Gasteiger partial charge in [-0.05, 0) is 30.0 Å². The molecule has 0 amide bonds. The summed E-state index contributed by atoms with van der Waals surface area (Å²) in [5.74, 6) is 0. The SMILES string of the molecule is CCc1cc2c(c(NC)c1)C=CCC=C2. The van der Waals surface area contributed by atoms with E-state index in [1.165, 1.54) is 22.4 Å². The van der Waals surface area contributed by atoms with Gasteiger partial charge in [-0.3, -0.25) is 0 Å². The van der Waals surface area contributed by atoms with Crippen LogP contribution in [0.25, 0.3) is 12.2 Å². The largest absolute Gasteiger partial charge is 0.388 e. The first-order valence-electron chi connectivity index (χ1n) is 5.53. The highest BCUT2D eigenvalue weighted by molar-refractivity contribution is 5.78. The standard InChI is InChI=1S/C14H17N/c1-3-11-9-12-7-5-4-6-8-13(12)14(10-11)15-2/h5-10,15H,3-4H2,1-2H3. The first-order chi connectivity index (χ1) is 7.35. The van der Waals surface area contributed by atoms with E-state index >= 15 is 0 Å². The van der Waals surface area contributed by atoms with Crippen LogP contribution in [0.5, 0.6) is 0 Å². The summed E-state index contributed by atoms with van der Waals surface area (Å²) < 4.78 is 0. The molecule has 0 aliphatic heterocycles. The number of aryl methyl sites for hydroxylation is 1. The minimum absolute atomic E-state index is 1.03. The van der Waals surface area contributed by atoms with Gasteiger partial charge >= 0.3 is 0 Å². The van der Waals surface area contributed by atoms with Crippen molar-refractivity contribution in [3.63, 3.8) is 0 Å². The van der Waals surface area contributed by atoms with Crippen molar-refractivity contribution in [3.05, 3.63) is 41.0 Å². The molecule has 0 bridgehead atoms. The summed E-state index contributed by atoms with van der Waals surface area (Å²) in [7, 11) is 1.98. The van der Waals surface area contributed by atoms with E-state index in [2.05, 4.69) is 48.7 Å². The lowest BCUT2D eigenvalue weighted by atomic mass is 10.00.